The van der Waals surface area contributed by atoms with Crippen LogP contribution < -0.4 is 0 Å². The number of phenolic OH excluding ortho intramolecular Hbond substituents is 2. The van der Waals surface area contributed by atoms with Gasteiger partial charge in [0.25, 0.3) is 0 Å². The molecular formula is C52H72Cl2O18. The van der Waals surface area contributed by atoms with Crippen LogP contribution in [0.2, 0.25) is 10.0 Å². The summed E-state index contributed by atoms with van der Waals surface area (Å²) in [5.74, 6) is -5.16. The summed E-state index contributed by atoms with van der Waals surface area (Å²) < 4.78 is 47.4. The average Bonchev–Trinajstić information content (AvgIpc) is 3.32. The van der Waals surface area contributed by atoms with E-state index in [9.17, 15) is 49.8 Å². The molecule has 18 nitrogen and oxygen atoms in total. The van der Waals surface area contributed by atoms with Gasteiger partial charge < -0.3 is 68.5 Å². The Bertz CT molecular complexity index is 2260. The highest BCUT2D eigenvalue weighted by atomic mass is 35.5. The Hall–Kier alpha value is -4.18. The normalized spacial score (nSPS) is 33.8. The minimum absolute atomic E-state index is 0.0547. The predicted molar refractivity (Wildman–Crippen MR) is 264 cm³/mol. The number of hydrogen-bond acceptors (Lipinski definition) is 18. The van der Waals surface area contributed by atoms with Crippen molar-refractivity contribution in [1.29, 1.82) is 0 Å². The molecule has 1 aromatic rings. The number of hydrogen-bond donors (Lipinski definition) is 6. The SMILES string of the molecule is CCc1c(Cl)c(O)c(Cl)c(O)c1C(=O)O[C@H]1[C@H](O)[C@H](OC)[C@H](OC/C2=C\C=C\CC(=O)/C(C)=C/[C@H](CC)[C@@H](O[C@@H]3OC(C)(C)[C@@H](OC(=O)C(C)C)[C@H](O)[C@@H]3O)/C(C)=C/C(C)=C/C[C@@H]([C@@H](C)O)OC2=O)O[C@@H]1C. The molecule has 0 aliphatic carbocycles. The second kappa shape index (κ2) is 26.3. The average molecular weight is 1060 g/mol. The first kappa shape index (κ1) is 60.4. The first-order valence-electron chi connectivity index (χ1n) is 24.0. The van der Waals surface area contributed by atoms with Crippen LogP contribution in [0.4, 0.5) is 0 Å². The Morgan fingerprint density at radius 1 is 0.931 bits per heavy atom. The molecule has 3 heterocycles. The van der Waals surface area contributed by atoms with E-state index in [0.29, 0.717) is 23.1 Å². The van der Waals surface area contributed by atoms with E-state index in [1.807, 2.05) is 13.0 Å². The fourth-order valence-corrected chi connectivity index (χ4v) is 9.07. The second-order valence-electron chi connectivity index (χ2n) is 19.2. The van der Waals surface area contributed by atoms with Gasteiger partial charge in [0.15, 0.2) is 42.1 Å². The number of Topliss-reactive ketones (excluding diaryl/α,β-unsaturated/α-hetero) is 1. The topological polar surface area (TPSA) is 263 Å². The number of halogens is 2. The van der Waals surface area contributed by atoms with E-state index >= 15 is 0 Å². The number of cyclic esters (lactones) is 1. The largest absolute Gasteiger partial charge is 0.505 e. The smallest absolute Gasteiger partial charge is 0.342 e. The Morgan fingerprint density at radius 3 is 2.19 bits per heavy atom. The zero-order valence-corrected chi connectivity index (χ0v) is 44.4. The van der Waals surface area contributed by atoms with Gasteiger partial charge in [0.05, 0.1) is 41.4 Å². The van der Waals surface area contributed by atoms with Gasteiger partial charge in [-0.25, -0.2) is 9.59 Å². The van der Waals surface area contributed by atoms with Crippen molar-refractivity contribution in [3.63, 3.8) is 0 Å². The minimum Gasteiger partial charge on any atom is -0.505 e. The van der Waals surface area contributed by atoms with E-state index in [2.05, 4.69) is 0 Å². The fourth-order valence-electron chi connectivity index (χ4n) is 8.51. The van der Waals surface area contributed by atoms with Crippen LogP contribution >= 0.6 is 23.2 Å². The number of rotatable bonds is 13. The van der Waals surface area contributed by atoms with Crippen LogP contribution in [0, 0.1) is 11.8 Å². The minimum atomic E-state index is -1.62. The van der Waals surface area contributed by atoms with Crippen molar-refractivity contribution in [1.82, 2.24) is 0 Å². The summed E-state index contributed by atoms with van der Waals surface area (Å²) in [6, 6.07) is 0. The zero-order chi connectivity index (χ0) is 54.1. The molecule has 0 bridgehead atoms. The lowest BCUT2D eigenvalue weighted by molar-refractivity contribution is -0.333. The Labute approximate surface area is 431 Å². The summed E-state index contributed by atoms with van der Waals surface area (Å²) >= 11 is 12.3. The maximum Gasteiger partial charge on any atom is 0.342 e. The molecule has 6 N–H and O–H groups in total. The number of benzene rings is 1. The van der Waals surface area contributed by atoms with Crippen molar-refractivity contribution < 1.29 is 87.7 Å². The van der Waals surface area contributed by atoms with E-state index in [4.69, 9.17) is 61.1 Å². The third-order valence-corrected chi connectivity index (χ3v) is 13.6. The molecule has 13 atom stereocenters. The van der Waals surface area contributed by atoms with E-state index in [1.165, 1.54) is 39.2 Å². The molecule has 0 aromatic heterocycles. The van der Waals surface area contributed by atoms with Crippen LogP contribution in [-0.4, -0.2) is 147 Å². The zero-order valence-electron chi connectivity index (χ0n) is 42.9. The van der Waals surface area contributed by atoms with Crippen LogP contribution in [0.1, 0.15) is 111 Å². The van der Waals surface area contributed by atoms with Gasteiger partial charge in [-0.1, -0.05) is 86.9 Å². The highest BCUT2D eigenvalue weighted by Crippen LogP contribution is 2.45. The number of aliphatic hydroxyl groups excluding tert-OH is 4. The van der Waals surface area contributed by atoms with Gasteiger partial charge in [-0.2, -0.15) is 0 Å². The molecule has 1 aromatic carbocycles. The van der Waals surface area contributed by atoms with Gasteiger partial charge in [-0.3, -0.25) is 9.59 Å². The molecular weight excluding hydrogens is 983 g/mol. The number of aromatic hydroxyl groups is 2. The molecule has 2 saturated heterocycles. The van der Waals surface area contributed by atoms with Crippen LogP contribution in [0.25, 0.3) is 0 Å². The summed E-state index contributed by atoms with van der Waals surface area (Å²) in [7, 11) is 1.25. The molecule has 72 heavy (non-hydrogen) atoms. The molecule has 0 unspecified atom stereocenters. The summed E-state index contributed by atoms with van der Waals surface area (Å²) in [4.78, 5) is 53.6. The molecule has 20 heteroatoms. The maximum absolute atomic E-state index is 13.9. The van der Waals surface area contributed by atoms with Crippen LogP contribution in [0.3, 0.4) is 0 Å². The van der Waals surface area contributed by atoms with Crippen molar-refractivity contribution in [2.24, 2.45) is 11.8 Å². The number of carbonyl (C=O) groups excluding carboxylic acids is 4. The highest BCUT2D eigenvalue weighted by molar-refractivity contribution is 6.39. The highest BCUT2D eigenvalue weighted by Gasteiger charge is 2.53. The van der Waals surface area contributed by atoms with Crippen molar-refractivity contribution in [3.8, 4) is 11.5 Å². The number of esters is 3. The van der Waals surface area contributed by atoms with Crippen molar-refractivity contribution in [2.75, 3.05) is 13.7 Å². The summed E-state index contributed by atoms with van der Waals surface area (Å²) in [6.07, 6.45) is -5.22. The molecule has 0 spiro atoms. The molecule has 3 aliphatic heterocycles. The summed E-state index contributed by atoms with van der Waals surface area (Å²) in [5.41, 5.74) is 0.0227. The van der Waals surface area contributed by atoms with Gasteiger partial charge in [0, 0.05) is 25.9 Å². The number of phenols is 2. The van der Waals surface area contributed by atoms with Gasteiger partial charge in [0.2, 0.25) is 0 Å². The maximum atomic E-state index is 13.9. The van der Waals surface area contributed by atoms with Gasteiger partial charge >= 0.3 is 17.9 Å². The number of ketones is 1. The lowest BCUT2D eigenvalue weighted by Crippen LogP contribution is -2.64. The Morgan fingerprint density at radius 2 is 1.60 bits per heavy atom. The quantitative estimate of drug-likeness (QED) is 0.0917. The van der Waals surface area contributed by atoms with Crippen LogP contribution in [0.5, 0.6) is 11.5 Å². The number of aliphatic hydroxyl groups is 4. The van der Waals surface area contributed by atoms with Crippen molar-refractivity contribution in [3.05, 3.63) is 79.9 Å². The monoisotopic (exact) mass is 1050 g/mol. The second-order valence-corrected chi connectivity index (χ2v) is 19.9. The molecule has 3 aliphatic rings. The number of carbonyl (C=O) groups is 4. The summed E-state index contributed by atoms with van der Waals surface area (Å²) in [6.45, 7) is 17.8. The van der Waals surface area contributed by atoms with Crippen molar-refractivity contribution >= 4 is 46.9 Å². The number of allylic oxidation sites excluding steroid dienone is 6. The molecule has 4 rings (SSSR count). The van der Waals surface area contributed by atoms with E-state index in [0.717, 1.165) is 0 Å². The lowest BCUT2D eigenvalue weighted by atomic mass is 9.88. The van der Waals surface area contributed by atoms with Crippen molar-refractivity contribution in [2.45, 2.75) is 181 Å². The number of methoxy groups -OCH3 is 1. The molecule has 402 valence electrons. The Balaban J connectivity index is 1.61. The molecule has 0 amide bonds. The van der Waals surface area contributed by atoms with E-state index in [1.54, 1.807) is 67.5 Å². The number of ether oxygens (including phenoxy) is 8. The molecule has 0 saturated carbocycles. The standard InChI is InChI=1S/C52H72Cl2O18/c1-13-30-22-26(6)33(56)18-16-15-17-31(23-66-51-45(65-12)42(61)44(29(9)67-51)69-49(64)35-32(14-2)36(53)39(58)37(54)38(35)57)48(63)68-34(28(8)55)20-19-25(5)21-27(7)43(30)70-50-41(60)40(59)46(52(10,11)72-50)71-47(62)24(3)4/h15-17,19,21-22,24,28-30,34,40-46,50-51,55,57-61H,13-14,18,20,23H2,1-12H3/b16-15+,25-19+,26-22+,27-21+,31-17+/t28-,29-,30+,34+,40-,41+,42+,43+,44-,45+,46+,50-,51-/m1/s1. The first-order valence-corrected chi connectivity index (χ1v) is 24.8. The van der Waals surface area contributed by atoms with Gasteiger partial charge in [0.1, 0.15) is 46.7 Å². The molecule has 0 radical (unpaired) electrons. The predicted octanol–water partition coefficient (Wildman–Crippen LogP) is 6.44. The third-order valence-electron chi connectivity index (χ3n) is 12.8. The Kier molecular flexibility index (Phi) is 22.1. The fraction of sp³-hybridized carbons (Fsp3) is 0.615. The van der Waals surface area contributed by atoms with Gasteiger partial charge in [-0.05, 0) is 84.1 Å². The van der Waals surface area contributed by atoms with E-state index in [-0.39, 0.29) is 41.2 Å². The van der Waals surface area contributed by atoms with Crippen LogP contribution in [-0.2, 0) is 58.7 Å². The van der Waals surface area contributed by atoms with Crippen LogP contribution in [0.15, 0.2) is 58.7 Å². The molecule has 2 fully saturated rings. The summed E-state index contributed by atoms with van der Waals surface area (Å²) in [5, 5.41) is 65.0. The van der Waals surface area contributed by atoms with Gasteiger partial charge in [-0.15, -0.1) is 0 Å². The lowest BCUT2D eigenvalue weighted by Gasteiger charge is -2.47. The third kappa shape index (κ3) is 14.6. The first-order chi connectivity index (χ1) is 33.7. The van der Waals surface area contributed by atoms with E-state index < -0.39 is 138 Å².